The Labute approximate surface area is 99.9 Å². The third kappa shape index (κ3) is 3.23. The zero-order valence-corrected chi connectivity index (χ0v) is 10.0. The van der Waals surface area contributed by atoms with Crippen molar-refractivity contribution in [3.05, 3.63) is 29.8 Å². The molecule has 5 heteroatoms. The molecule has 1 rings (SSSR count). The molecule has 1 heterocycles. The van der Waals surface area contributed by atoms with E-state index in [2.05, 4.69) is 10.3 Å². The van der Waals surface area contributed by atoms with Crippen molar-refractivity contribution in [2.24, 2.45) is 0 Å². The highest BCUT2D eigenvalue weighted by Crippen LogP contribution is 2.14. The lowest BCUT2D eigenvalue weighted by molar-refractivity contribution is 0.0812. The lowest BCUT2D eigenvalue weighted by Crippen LogP contribution is -2.50. The number of nitrogens with one attached hydrogen (secondary N) is 1. The summed E-state index contributed by atoms with van der Waals surface area (Å²) in [5.74, 6) is -0.885. The van der Waals surface area contributed by atoms with Crippen LogP contribution in [0.5, 0.6) is 0 Å². The predicted octanol–water partition coefficient (Wildman–Crippen LogP) is 1.50. The molecule has 0 bridgehead atoms. The van der Waals surface area contributed by atoms with Gasteiger partial charge in [0.15, 0.2) is 0 Å². The van der Waals surface area contributed by atoms with Gasteiger partial charge in [-0.1, -0.05) is 13.8 Å². The standard InChI is InChI=1S/C12H17FN2O2/c1-3-12(4-2,8-16)15-11(17)10-6-5-9(13)7-14-10/h5-7,16H,3-4,8H2,1-2H3,(H,15,17). The zero-order chi connectivity index (χ0) is 12.9. The SMILES string of the molecule is CCC(CC)(CO)NC(=O)c1ccc(F)cn1. The van der Waals surface area contributed by atoms with E-state index in [1.807, 2.05) is 13.8 Å². The summed E-state index contributed by atoms with van der Waals surface area (Å²) in [6, 6.07) is 2.50. The van der Waals surface area contributed by atoms with Gasteiger partial charge >= 0.3 is 0 Å². The summed E-state index contributed by atoms with van der Waals surface area (Å²) >= 11 is 0. The average Bonchev–Trinajstić information content (AvgIpc) is 2.37. The molecule has 0 aliphatic carbocycles. The number of aromatic nitrogens is 1. The van der Waals surface area contributed by atoms with Gasteiger partial charge in [0.05, 0.1) is 18.3 Å². The first-order valence-electron chi connectivity index (χ1n) is 5.62. The van der Waals surface area contributed by atoms with Crippen LogP contribution in [0.3, 0.4) is 0 Å². The first kappa shape index (κ1) is 13.6. The molecule has 0 aromatic carbocycles. The predicted molar refractivity (Wildman–Crippen MR) is 62.1 cm³/mol. The van der Waals surface area contributed by atoms with Gasteiger partial charge < -0.3 is 10.4 Å². The molecule has 0 fully saturated rings. The molecule has 0 aliphatic heterocycles. The van der Waals surface area contributed by atoms with Crippen molar-refractivity contribution in [2.75, 3.05) is 6.61 Å². The molecule has 2 N–H and O–H groups in total. The number of amides is 1. The molecule has 0 saturated carbocycles. The second-order valence-electron chi connectivity index (χ2n) is 3.96. The average molecular weight is 240 g/mol. The first-order chi connectivity index (χ1) is 8.06. The number of aliphatic hydroxyl groups excluding tert-OH is 1. The number of hydrogen-bond donors (Lipinski definition) is 2. The number of nitrogens with zero attached hydrogens (tertiary/aromatic N) is 1. The van der Waals surface area contributed by atoms with Gasteiger partial charge in [-0.3, -0.25) is 4.79 Å². The number of carbonyl (C=O) groups is 1. The van der Waals surface area contributed by atoms with Gasteiger partial charge in [-0.25, -0.2) is 9.37 Å². The van der Waals surface area contributed by atoms with Gasteiger partial charge in [-0.2, -0.15) is 0 Å². The molecule has 1 aromatic rings. The van der Waals surface area contributed by atoms with Crippen LogP contribution >= 0.6 is 0 Å². The van der Waals surface area contributed by atoms with Crippen molar-refractivity contribution in [2.45, 2.75) is 32.2 Å². The Morgan fingerprint density at radius 3 is 2.53 bits per heavy atom. The Hall–Kier alpha value is -1.49. The summed E-state index contributed by atoms with van der Waals surface area (Å²) in [7, 11) is 0. The molecular weight excluding hydrogens is 223 g/mol. The third-order valence-electron chi connectivity index (χ3n) is 2.99. The highest BCUT2D eigenvalue weighted by molar-refractivity contribution is 5.92. The van der Waals surface area contributed by atoms with Crippen LogP contribution in [0.2, 0.25) is 0 Å². The van der Waals surface area contributed by atoms with Crippen LogP contribution in [0.15, 0.2) is 18.3 Å². The summed E-state index contributed by atoms with van der Waals surface area (Å²) in [6.07, 6.45) is 2.23. The van der Waals surface area contributed by atoms with Gasteiger partial charge in [0.2, 0.25) is 0 Å². The van der Waals surface area contributed by atoms with E-state index in [0.717, 1.165) is 6.20 Å². The fourth-order valence-corrected chi connectivity index (χ4v) is 1.50. The largest absolute Gasteiger partial charge is 0.394 e. The highest BCUT2D eigenvalue weighted by Gasteiger charge is 2.27. The Morgan fingerprint density at radius 1 is 1.47 bits per heavy atom. The summed E-state index contributed by atoms with van der Waals surface area (Å²) in [6.45, 7) is 3.64. The monoisotopic (exact) mass is 240 g/mol. The quantitative estimate of drug-likeness (QED) is 0.820. The molecule has 4 nitrogen and oxygen atoms in total. The number of halogens is 1. The van der Waals surface area contributed by atoms with Crippen LogP contribution in [0.4, 0.5) is 4.39 Å². The van der Waals surface area contributed by atoms with Gasteiger partial charge in [0, 0.05) is 0 Å². The van der Waals surface area contributed by atoms with E-state index >= 15 is 0 Å². The lowest BCUT2D eigenvalue weighted by Gasteiger charge is -2.30. The summed E-state index contributed by atoms with van der Waals surface area (Å²) in [5.41, 5.74) is -0.487. The number of aliphatic hydroxyl groups is 1. The van der Waals surface area contributed by atoms with Crippen LogP contribution in [-0.4, -0.2) is 28.1 Å². The molecule has 0 unspecified atom stereocenters. The number of rotatable bonds is 5. The highest BCUT2D eigenvalue weighted by atomic mass is 19.1. The van der Waals surface area contributed by atoms with E-state index in [-0.39, 0.29) is 12.3 Å². The summed E-state index contributed by atoms with van der Waals surface area (Å²) in [4.78, 5) is 15.5. The third-order valence-corrected chi connectivity index (χ3v) is 2.99. The fourth-order valence-electron chi connectivity index (χ4n) is 1.50. The molecular formula is C12H17FN2O2. The Balaban J connectivity index is 2.81. The van der Waals surface area contributed by atoms with E-state index in [0.29, 0.717) is 12.8 Å². The van der Waals surface area contributed by atoms with Crippen LogP contribution in [0.1, 0.15) is 37.2 Å². The van der Waals surface area contributed by atoms with E-state index in [1.165, 1.54) is 12.1 Å². The maximum atomic E-state index is 12.7. The molecule has 1 aromatic heterocycles. The minimum Gasteiger partial charge on any atom is -0.394 e. The summed E-state index contributed by atoms with van der Waals surface area (Å²) in [5, 5.41) is 12.1. The first-order valence-corrected chi connectivity index (χ1v) is 5.62. The molecule has 94 valence electrons. The van der Waals surface area contributed by atoms with Crippen molar-refractivity contribution < 1.29 is 14.3 Å². The van der Waals surface area contributed by atoms with Crippen molar-refractivity contribution in [3.63, 3.8) is 0 Å². The molecule has 17 heavy (non-hydrogen) atoms. The maximum Gasteiger partial charge on any atom is 0.270 e. The van der Waals surface area contributed by atoms with Crippen LogP contribution in [-0.2, 0) is 0 Å². The second kappa shape index (κ2) is 5.72. The number of pyridine rings is 1. The van der Waals surface area contributed by atoms with Gasteiger partial charge in [-0.05, 0) is 25.0 Å². The molecule has 0 spiro atoms. The van der Waals surface area contributed by atoms with Crippen molar-refractivity contribution >= 4 is 5.91 Å². The van der Waals surface area contributed by atoms with Crippen LogP contribution in [0.25, 0.3) is 0 Å². The Morgan fingerprint density at radius 2 is 2.12 bits per heavy atom. The van der Waals surface area contributed by atoms with Gasteiger partial charge in [0.1, 0.15) is 11.5 Å². The van der Waals surface area contributed by atoms with E-state index < -0.39 is 17.3 Å². The fraction of sp³-hybridized carbons (Fsp3) is 0.500. The Kier molecular flexibility index (Phi) is 4.57. The molecule has 0 saturated heterocycles. The van der Waals surface area contributed by atoms with Crippen molar-refractivity contribution in [3.8, 4) is 0 Å². The maximum absolute atomic E-state index is 12.7. The second-order valence-corrected chi connectivity index (χ2v) is 3.96. The number of hydrogen-bond acceptors (Lipinski definition) is 3. The molecule has 1 amide bonds. The van der Waals surface area contributed by atoms with Crippen LogP contribution in [0, 0.1) is 5.82 Å². The molecule has 0 aliphatic rings. The molecule has 0 radical (unpaired) electrons. The van der Waals surface area contributed by atoms with Gasteiger partial charge in [0.25, 0.3) is 5.91 Å². The smallest absolute Gasteiger partial charge is 0.270 e. The van der Waals surface area contributed by atoms with E-state index in [4.69, 9.17) is 0 Å². The number of carbonyl (C=O) groups excluding carboxylic acids is 1. The van der Waals surface area contributed by atoms with E-state index in [1.54, 1.807) is 0 Å². The Bertz CT molecular complexity index is 366. The normalized spacial score (nSPS) is 11.3. The summed E-state index contributed by atoms with van der Waals surface area (Å²) < 4.78 is 12.7. The van der Waals surface area contributed by atoms with Crippen molar-refractivity contribution in [1.82, 2.24) is 10.3 Å². The van der Waals surface area contributed by atoms with E-state index in [9.17, 15) is 14.3 Å². The van der Waals surface area contributed by atoms with Crippen molar-refractivity contribution in [1.29, 1.82) is 0 Å². The van der Waals surface area contributed by atoms with Gasteiger partial charge in [-0.15, -0.1) is 0 Å². The molecule has 0 atom stereocenters. The van der Waals surface area contributed by atoms with Crippen LogP contribution < -0.4 is 5.32 Å². The zero-order valence-electron chi connectivity index (χ0n) is 10.0. The lowest BCUT2D eigenvalue weighted by atomic mass is 9.93. The minimum absolute atomic E-state index is 0.132. The minimum atomic E-state index is -0.632. The topological polar surface area (TPSA) is 62.2 Å².